The van der Waals surface area contributed by atoms with E-state index in [2.05, 4.69) is 21.3 Å². The van der Waals surface area contributed by atoms with Crippen LogP contribution < -0.4 is 21.3 Å². The lowest BCUT2D eigenvalue weighted by atomic mass is 9.89. The van der Waals surface area contributed by atoms with Crippen molar-refractivity contribution in [3.8, 4) is 0 Å². The zero-order valence-electron chi connectivity index (χ0n) is 38.3. The SMILES string of the molecule is CC[C@@H](C)C([C@H](CC(=O)N1CCC[C@@H]1[C@@H](OC)[C@H](C)C(=O)N[C@H](Cc1ccccc1)C(=O)NCCC[Si](C)(C)O)OC)N(C)C(=O)[C@H](NC(=O)[C@H](NC)C(C)C)C(C)C. The highest BCUT2D eigenvalue weighted by Gasteiger charge is 2.43. The molecule has 5 N–H and O–H groups in total. The molecule has 1 unspecified atom stereocenters. The van der Waals surface area contributed by atoms with Gasteiger partial charge in [0, 0.05) is 40.8 Å². The Bertz CT molecular complexity index is 1480. The number of rotatable bonds is 25. The molecule has 5 amide bonds. The maximum absolute atomic E-state index is 14.3. The van der Waals surface area contributed by atoms with E-state index in [0.717, 1.165) is 18.4 Å². The van der Waals surface area contributed by atoms with Gasteiger partial charge < -0.3 is 45.3 Å². The molecule has 1 aromatic rings. The second-order valence-electron chi connectivity index (χ2n) is 17.8. The summed E-state index contributed by atoms with van der Waals surface area (Å²) in [6.07, 6.45) is 1.70. The van der Waals surface area contributed by atoms with Gasteiger partial charge in [0.2, 0.25) is 29.5 Å². The van der Waals surface area contributed by atoms with Gasteiger partial charge in [-0.3, -0.25) is 24.0 Å². The molecule has 0 saturated carbocycles. The number of carbonyl (C=O) groups is 5. The Morgan fingerprint density at radius 1 is 0.915 bits per heavy atom. The van der Waals surface area contributed by atoms with Gasteiger partial charge in [0.15, 0.2) is 8.32 Å². The topological polar surface area (TPSA) is 179 Å². The molecular weight excluding hydrogens is 769 g/mol. The van der Waals surface area contributed by atoms with Crippen molar-refractivity contribution in [3.63, 3.8) is 0 Å². The summed E-state index contributed by atoms with van der Waals surface area (Å²) in [6, 6.07) is 7.20. The summed E-state index contributed by atoms with van der Waals surface area (Å²) in [5, 5.41) is 12.0. The van der Waals surface area contributed by atoms with E-state index in [1.165, 1.54) is 7.11 Å². The minimum absolute atomic E-state index is 0.000204. The van der Waals surface area contributed by atoms with Gasteiger partial charge in [-0.05, 0) is 68.8 Å². The molecule has 0 spiro atoms. The van der Waals surface area contributed by atoms with Crippen LogP contribution in [-0.4, -0.2) is 136 Å². The first kappa shape index (κ1) is 51.8. The van der Waals surface area contributed by atoms with Gasteiger partial charge in [0.1, 0.15) is 12.1 Å². The highest BCUT2D eigenvalue weighted by Crippen LogP contribution is 2.30. The van der Waals surface area contributed by atoms with Crippen molar-refractivity contribution in [2.75, 3.05) is 41.4 Å². The highest BCUT2D eigenvalue weighted by atomic mass is 28.4. The summed E-state index contributed by atoms with van der Waals surface area (Å²) in [7, 11) is 4.28. The molecule has 59 heavy (non-hydrogen) atoms. The fraction of sp³-hybridized carbons (Fsp3) is 0.750. The molecule has 1 saturated heterocycles. The first-order valence-corrected chi connectivity index (χ1v) is 24.8. The van der Waals surface area contributed by atoms with Crippen LogP contribution in [0.15, 0.2) is 30.3 Å². The molecule has 0 aliphatic carbocycles. The molecule has 1 aliphatic heterocycles. The Balaban J connectivity index is 2.28. The number of nitrogens with one attached hydrogen (secondary N) is 4. The number of hydrogen-bond acceptors (Lipinski definition) is 9. The molecule has 0 radical (unpaired) electrons. The van der Waals surface area contributed by atoms with Gasteiger partial charge in [-0.15, -0.1) is 0 Å². The molecule has 1 fully saturated rings. The molecule has 15 heteroatoms. The van der Waals surface area contributed by atoms with E-state index >= 15 is 0 Å². The van der Waals surface area contributed by atoms with Crippen LogP contribution in [-0.2, 0) is 39.9 Å². The van der Waals surface area contributed by atoms with Crippen molar-refractivity contribution in [2.45, 2.75) is 149 Å². The molecule has 1 aromatic carbocycles. The van der Waals surface area contributed by atoms with Crippen molar-refractivity contribution in [2.24, 2.45) is 23.7 Å². The van der Waals surface area contributed by atoms with E-state index in [9.17, 15) is 28.8 Å². The Labute approximate surface area is 355 Å². The Hall–Kier alpha value is -3.37. The van der Waals surface area contributed by atoms with E-state index in [0.29, 0.717) is 38.4 Å². The lowest BCUT2D eigenvalue weighted by Crippen LogP contribution is -2.59. The molecular formula is C44H78N6O8Si. The predicted octanol–water partition coefficient (Wildman–Crippen LogP) is 3.72. The maximum Gasteiger partial charge on any atom is 0.245 e. The molecule has 1 heterocycles. The Kier molecular flexibility index (Phi) is 21.7. The minimum atomic E-state index is -2.26. The lowest BCUT2D eigenvalue weighted by molar-refractivity contribution is -0.148. The zero-order valence-corrected chi connectivity index (χ0v) is 39.3. The summed E-state index contributed by atoms with van der Waals surface area (Å²) in [6.45, 7) is 18.1. The van der Waals surface area contributed by atoms with E-state index < -0.39 is 56.7 Å². The smallest absolute Gasteiger partial charge is 0.245 e. The number of carbonyl (C=O) groups excluding carboxylic acids is 5. The van der Waals surface area contributed by atoms with Crippen LogP contribution in [0.2, 0.25) is 19.1 Å². The van der Waals surface area contributed by atoms with Crippen LogP contribution in [0.1, 0.15) is 86.1 Å². The quantitative estimate of drug-likeness (QED) is 0.0725. The maximum atomic E-state index is 14.3. The van der Waals surface area contributed by atoms with Gasteiger partial charge in [0.25, 0.3) is 0 Å². The molecule has 0 bridgehead atoms. The van der Waals surface area contributed by atoms with Crippen LogP contribution in [0.3, 0.4) is 0 Å². The van der Waals surface area contributed by atoms with Crippen LogP contribution >= 0.6 is 0 Å². The largest absolute Gasteiger partial charge is 0.432 e. The fourth-order valence-corrected chi connectivity index (χ4v) is 9.31. The van der Waals surface area contributed by atoms with Crippen LogP contribution in [0.5, 0.6) is 0 Å². The number of benzene rings is 1. The third-order valence-electron chi connectivity index (χ3n) is 11.9. The van der Waals surface area contributed by atoms with Gasteiger partial charge >= 0.3 is 0 Å². The average Bonchev–Trinajstić information content (AvgIpc) is 3.67. The first-order chi connectivity index (χ1) is 27.7. The van der Waals surface area contributed by atoms with Gasteiger partial charge in [0.05, 0.1) is 42.7 Å². The van der Waals surface area contributed by atoms with Gasteiger partial charge in [-0.2, -0.15) is 0 Å². The lowest BCUT2D eigenvalue weighted by Gasteiger charge is -2.41. The summed E-state index contributed by atoms with van der Waals surface area (Å²) >= 11 is 0. The number of nitrogens with zero attached hydrogens (tertiary/aromatic N) is 2. The van der Waals surface area contributed by atoms with E-state index in [1.54, 1.807) is 37.9 Å². The third-order valence-corrected chi connectivity index (χ3v) is 13.5. The molecule has 1 aliphatic rings. The van der Waals surface area contributed by atoms with Gasteiger partial charge in [-0.1, -0.05) is 85.2 Å². The standard InChI is InChI=1S/C44H78N6O8Si/c1-14-30(6)39(49(9)44(55)38(29(4)5)48-43(54)37(45-8)28(2)3)35(57-10)27-36(51)50-24-18-22-34(50)40(58-11)31(7)41(52)47-33(26-32-20-16-15-17-21-32)42(53)46-23-19-25-59(12,13)56/h15-17,20-21,28-31,33-35,37-40,45,56H,14,18-19,22-27H2,1-13H3,(H,46,53)(H,47,52)(H,48,54)/t30-,31+,33-,34-,35+,37-,38-,39?,40+/m1/s1. The average molecular weight is 847 g/mol. The minimum Gasteiger partial charge on any atom is -0.432 e. The summed E-state index contributed by atoms with van der Waals surface area (Å²) in [4.78, 5) is 82.9. The summed E-state index contributed by atoms with van der Waals surface area (Å²) in [5.74, 6) is -2.24. The Morgan fingerprint density at radius 2 is 1.54 bits per heavy atom. The van der Waals surface area contributed by atoms with Crippen LogP contribution in [0.4, 0.5) is 0 Å². The van der Waals surface area contributed by atoms with Crippen molar-refractivity contribution < 1.29 is 38.2 Å². The fourth-order valence-electron chi connectivity index (χ4n) is 8.27. The Morgan fingerprint density at radius 3 is 2.07 bits per heavy atom. The molecule has 0 aromatic heterocycles. The molecule has 336 valence electrons. The molecule has 14 nitrogen and oxygen atoms in total. The first-order valence-electron chi connectivity index (χ1n) is 21.7. The predicted molar refractivity (Wildman–Crippen MR) is 235 cm³/mol. The monoisotopic (exact) mass is 847 g/mol. The van der Waals surface area contributed by atoms with Gasteiger partial charge in [-0.25, -0.2) is 0 Å². The van der Waals surface area contributed by atoms with Crippen molar-refractivity contribution >= 4 is 37.9 Å². The van der Waals surface area contributed by atoms with E-state index in [-0.39, 0.29) is 53.7 Å². The van der Waals surface area contributed by atoms with Crippen LogP contribution in [0, 0.1) is 23.7 Å². The van der Waals surface area contributed by atoms with E-state index in [1.807, 2.05) is 85.0 Å². The summed E-state index contributed by atoms with van der Waals surface area (Å²) in [5.41, 5.74) is 0.897. The number of likely N-dealkylation sites (N-methyl/N-ethyl adjacent to an activating group) is 2. The third kappa shape index (κ3) is 15.6. The van der Waals surface area contributed by atoms with E-state index in [4.69, 9.17) is 9.47 Å². The van der Waals surface area contributed by atoms with Crippen molar-refractivity contribution in [3.05, 3.63) is 35.9 Å². The number of methoxy groups -OCH3 is 2. The molecule has 2 rings (SSSR count). The number of likely N-dealkylation sites (tertiary alicyclic amines) is 1. The molecule has 9 atom stereocenters. The number of hydrogen-bond donors (Lipinski definition) is 5. The second-order valence-corrected chi connectivity index (χ2v) is 21.9. The normalized spacial score (nSPS) is 18.6. The second kappa shape index (κ2) is 24.8. The summed E-state index contributed by atoms with van der Waals surface area (Å²) < 4.78 is 12.0. The van der Waals surface area contributed by atoms with Crippen LogP contribution in [0.25, 0.3) is 0 Å². The zero-order chi connectivity index (χ0) is 44.6. The number of amides is 5. The number of ether oxygens (including phenoxy) is 2. The van der Waals surface area contributed by atoms with Crippen molar-refractivity contribution in [1.82, 2.24) is 31.1 Å². The van der Waals surface area contributed by atoms with Crippen molar-refractivity contribution in [1.29, 1.82) is 0 Å². The highest BCUT2D eigenvalue weighted by molar-refractivity contribution is 6.69.